The van der Waals surface area contributed by atoms with Crippen LogP contribution in [0.4, 0.5) is 0 Å². The molecule has 1 aliphatic rings. The normalized spacial score (nSPS) is 17.4. The molecule has 0 atom stereocenters. The average Bonchev–Trinajstić information content (AvgIpc) is 2.41. The molecule has 1 fully saturated rings. The summed E-state index contributed by atoms with van der Waals surface area (Å²) >= 11 is 0. The molecule has 1 heterocycles. The van der Waals surface area contributed by atoms with Crippen LogP contribution in [0.15, 0.2) is 36.5 Å². The lowest BCUT2D eigenvalue weighted by Crippen LogP contribution is -2.56. The molecule has 0 bridgehead atoms. The van der Waals surface area contributed by atoms with E-state index in [-0.39, 0.29) is 0 Å². The molecule has 3 rings (SSSR count). The Morgan fingerprint density at radius 1 is 1.20 bits per heavy atom. The zero-order valence-electron chi connectivity index (χ0n) is 12.4. The third-order valence-corrected chi connectivity index (χ3v) is 4.74. The fourth-order valence-corrected chi connectivity index (χ4v) is 3.11. The number of pyridine rings is 1. The maximum absolute atomic E-state index is 4.42. The molecule has 1 N–H and O–H groups in total. The predicted molar refractivity (Wildman–Crippen MR) is 83.7 cm³/mol. The second-order valence-corrected chi connectivity index (χ2v) is 6.06. The number of aromatic nitrogens is 1. The lowest BCUT2D eigenvalue weighted by atomic mass is 9.75. The van der Waals surface area contributed by atoms with Gasteiger partial charge >= 0.3 is 0 Å². The van der Waals surface area contributed by atoms with Crippen molar-refractivity contribution in [3.05, 3.63) is 42.1 Å². The molecule has 2 aromatic rings. The van der Waals surface area contributed by atoms with Crippen molar-refractivity contribution in [1.82, 2.24) is 15.2 Å². The fourth-order valence-electron chi connectivity index (χ4n) is 3.11. The molecule has 3 heteroatoms. The summed E-state index contributed by atoms with van der Waals surface area (Å²) in [5.74, 6) is 0. The first-order valence-corrected chi connectivity index (χ1v) is 7.42. The average molecular weight is 269 g/mol. The molecular weight excluding hydrogens is 246 g/mol. The lowest BCUT2D eigenvalue weighted by Gasteiger charge is -2.47. The van der Waals surface area contributed by atoms with Gasteiger partial charge in [0.05, 0.1) is 5.52 Å². The highest BCUT2D eigenvalue weighted by molar-refractivity contribution is 5.81. The van der Waals surface area contributed by atoms with Gasteiger partial charge in [0.2, 0.25) is 0 Å². The van der Waals surface area contributed by atoms with Gasteiger partial charge in [0.15, 0.2) is 0 Å². The van der Waals surface area contributed by atoms with Crippen LogP contribution in [0, 0.1) is 0 Å². The number of likely N-dealkylation sites (N-methyl/N-ethyl adjacent to an activating group) is 1. The van der Waals surface area contributed by atoms with Crippen LogP contribution in [-0.4, -0.2) is 36.1 Å². The van der Waals surface area contributed by atoms with Crippen molar-refractivity contribution < 1.29 is 0 Å². The van der Waals surface area contributed by atoms with Crippen molar-refractivity contribution in [2.24, 2.45) is 0 Å². The van der Waals surface area contributed by atoms with Crippen LogP contribution in [0.5, 0.6) is 0 Å². The van der Waals surface area contributed by atoms with E-state index in [9.17, 15) is 0 Å². The van der Waals surface area contributed by atoms with Crippen LogP contribution in [0.2, 0.25) is 0 Å². The van der Waals surface area contributed by atoms with Gasteiger partial charge in [-0.1, -0.05) is 18.2 Å². The van der Waals surface area contributed by atoms with Gasteiger partial charge in [0.25, 0.3) is 0 Å². The number of nitrogens with zero attached hydrogens (tertiary/aromatic N) is 2. The van der Waals surface area contributed by atoms with Gasteiger partial charge in [-0.2, -0.15) is 0 Å². The van der Waals surface area contributed by atoms with E-state index < -0.39 is 0 Å². The fraction of sp³-hybridized carbons (Fsp3) is 0.471. The minimum Gasteiger partial charge on any atom is -0.311 e. The van der Waals surface area contributed by atoms with E-state index in [1.165, 1.54) is 30.2 Å². The Morgan fingerprint density at radius 3 is 2.70 bits per heavy atom. The van der Waals surface area contributed by atoms with Gasteiger partial charge in [-0.25, -0.2) is 0 Å². The predicted octanol–water partition coefficient (Wildman–Crippen LogP) is 2.81. The molecule has 0 saturated heterocycles. The third-order valence-electron chi connectivity index (χ3n) is 4.74. The zero-order chi connectivity index (χ0) is 14.0. The van der Waals surface area contributed by atoms with Crippen LogP contribution in [0.1, 0.15) is 24.8 Å². The summed E-state index contributed by atoms with van der Waals surface area (Å²) in [6.45, 7) is 1.98. The van der Waals surface area contributed by atoms with E-state index in [1.807, 2.05) is 12.3 Å². The number of rotatable bonds is 5. The summed E-state index contributed by atoms with van der Waals surface area (Å²) in [5, 5.41) is 4.91. The Hall–Kier alpha value is -1.45. The molecule has 1 aromatic heterocycles. The minimum atomic E-state index is 0.378. The number of hydrogen-bond donors (Lipinski definition) is 1. The molecule has 3 nitrogen and oxygen atoms in total. The zero-order valence-corrected chi connectivity index (χ0v) is 12.4. The van der Waals surface area contributed by atoms with Crippen molar-refractivity contribution in [2.75, 3.05) is 20.6 Å². The molecule has 0 radical (unpaired) electrons. The quantitative estimate of drug-likeness (QED) is 0.904. The van der Waals surface area contributed by atoms with Crippen molar-refractivity contribution in [3.63, 3.8) is 0 Å². The van der Waals surface area contributed by atoms with E-state index in [0.29, 0.717) is 5.54 Å². The van der Waals surface area contributed by atoms with Crippen LogP contribution < -0.4 is 5.32 Å². The molecule has 0 unspecified atom stereocenters. The second-order valence-electron chi connectivity index (χ2n) is 6.06. The van der Waals surface area contributed by atoms with E-state index in [0.717, 1.165) is 18.6 Å². The standard InChI is InChI=1S/C17H23N3/c1-20(2)17(9-5-10-17)13-18-12-14-8-11-19-16-7-4-3-6-15(14)16/h3-4,6-8,11,18H,5,9-10,12-13H2,1-2H3. The van der Waals surface area contributed by atoms with Gasteiger partial charge in [-0.15, -0.1) is 0 Å². The van der Waals surface area contributed by atoms with Crippen molar-refractivity contribution in [2.45, 2.75) is 31.3 Å². The second kappa shape index (κ2) is 5.51. The smallest absolute Gasteiger partial charge is 0.0705 e. The number of fused-ring (bicyclic) bond motifs is 1. The van der Waals surface area contributed by atoms with Crippen molar-refractivity contribution in [1.29, 1.82) is 0 Å². The number of hydrogen-bond acceptors (Lipinski definition) is 3. The highest BCUT2D eigenvalue weighted by Gasteiger charge is 2.38. The Kier molecular flexibility index (Phi) is 3.72. The van der Waals surface area contributed by atoms with Crippen LogP contribution in [0.3, 0.4) is 0 Å². The highest BCUT2D eigenvalue weighted by Crippen LogP contribution is 2.35. The summed E-state index contributed by atoms with van der Waals surface area (Å²) in [5.41, 5.74) is 2.80. The number of nitrogens with one attached hydrogen (secondary N) is 1. The Bertz CT molecular complexity index is 582. The highest BCUT2D eigenvalue weighted by atomic mass is 15.2. The monoisotopic (exact) mass is 269 g/mol. The maximum Gasteiger partial charge on any atom is 0.0705 e. The molecule has 1 aromatic carbocycles. The Morgan fingerprint density at radius 2 is 2.00 bits per heavy atom. The molecule has 106 valence electrons. The lowest BCUT2D eigenvalue weighted by molar-refractivity contribution is 0.0598. The molecule has 20 heavy (non-hydrogen) atoms. The van der Waals surface area contributed by atoms with E-state index in [2.05, 4.69) is 53.6 Å². The van der Waals surface area contributed by atoms with Crippen molar-refractivity contribution in [3.8, 4) is 0 Å². The summed E-state index contributed by atoms with van der Waals surface area (Å²) in [7, 11) is 4.39. The van der Waals surface area contributed by atoms with Crippen LogP contribution >= 0.6 is 0 Å². The van der Waals surface area contributed by atoms with E-state index in [4.69, 9.17) is 0 Å². The molecule has 0 spiro atoms. The first-order chi connectivity index (χ1) is 9.71. The Labute approximate surface area is 121 Å². The maximum atomic E-state index is 4.42. The van der Waals surface area contributed by atoms with Crippen molar-refractivity contribution >= 4 is 10.9 Å². The third kappa shape index (κ3) is 2.43. The van der Waals surface area contributed by atoms with Gasteiger partial charge < -0.3 is 10.2 Å². The topological polar surface area (TPSA) is 28.2 Å². The van der Waals surface area contributed by atoms with Gasteiger partial charge in [-0.3, -0.25) is 4.98 Å². The van der Waals surface area contributed by atoms with Gasteiger partial charge in [0.1, 0.15) is 0 Å². The minimum absolute atomic E-state index is 0.378. The molecular formula is C17H23N3. The van der Waals surface area contributed by atoms with Gasteiger partial charge in [-0.05, 0) is 51.1 Å². The SMILES string of the molecule is CN(C)C1(CNCc2ccnc3ccccc23)CCC1. The van der Waals surface area contributed by atoms with Crippen LogP contribution in [0.25, 0.3) is 10.9 Å². The first kappa shape index (κ1) is 13.5. The molecule has 0 aliphatic heterocycles. The van der Waals surface area contributed by atoms with Gasteiger partial charge in [0, 0.05) is 30.2 Å². The first-order valence-electron chi connectivity index (χ1n) is 7.42. The molecule has 1 saturated carbocycles. The summed E-state index contributed by atoms with van der Waals surface area (Å²) in [6.07, 6.45) is 5.89. The van der Waals surface area contributed by atoms with E-state index >= 15 is 0 Å². The van der Waals surface area contributed by atoms with Crippen LogP contribution in [-0.2, 0) is 6.54 Å². The summed E-state index contributed by atoms with van der Waals surface area (Å²) in [4.78, 5) is 6.80. The summed E-state index contributed by atoms with van der Waals surface area (Å²) in [6, 6.07) is 10.5. The van der Waals surface area contributed by atoms with E-state index in [1.54, 1.807) is 0 Å². The largest absolute Gasteiger partial charge is 0.311 e. The number of benzene rings is 1. The molecule has 0 amide bonds. The molecule has 1 aliphatic carbocycles. The number of para-hydroxylation sites is 1. The Balaban J connectivity index is 1.68. The summed E-state index contributed by atoms with van der Waals surface area (Å²) < 4.78 is 0.